The van der Waals surface area contributed by atoms with E-state index in [0.29, 0.717) is 17.0 Å². The van der Waals surface area contributed by atoms with Crippen LogP contribution >= 0.6 is 11.8 Å². The first kappa shape index (κ1) is 14.5. The van der Waals surface area contributed by atoms with Crippen LogP contribution in [0, 0.1) is 0 Å². The van der Waals surface area contributed by atoms with E-state index in [-0.39, 0.29) is 0 Å². The molecule has 1 aromatic carbocycles. The van der Waals surface area contributed by atoms with Gasteiger partial charge in [0.05, 0.1) is 7.11 Å². The van der Waals surface area contributed by atoms with Gasteiger partial charge in [0.2, 0.25) is 0 Å². The summed E-state index contributed by atoms with van der Waals surface area (Å²) in [6.07, 6.45) is 7.48. The molecule has 2 N–H and O–H groups in total. The minimum absolute atomic E-state index is 0.331. The lowest BCUT2D eigenvalue weighted by Gasteiger charge is -2.27. The first-order chi connectivity index (χ1) is 9.19. The number of benzene rings is 1. The maximum absolute atomic E-state index is 9.84. The highest BCUT2D eigenvalue weighted by Crippen LogP contribution is 2.39. The third-order valence-corrected chi connectivity index (χ3v) is 5.42. The van der Waals surface area contributed by atoms with Crippen molar-refractivity contribution in [3.63, 3.8) is 0 Å². The zero-order chi connectivity index (χ0) is 13.7. The van der Waals surface area contributed by atoms with Gasteiger partial charge in [-0.2, -0.15) is 11.8 Å². The van der Waals surface area contributed by atoms with Crippen molar-refractivity contribution in [2.45, 2.75) is 37.0 Å². The Balaban J connectivity index is 1.91. The van der Waals surface area contributed by atoms with E-state index in [0.717, 1.165) is 17.9 Å². The lowest BCUT2D eigenvalue weighted by atomic mass is 10.1. The summed E-state index contributed by atoms with van der Waals surface area (Å²) >= 11 is 1.98. The Labute approximate surface area is 119 Å². The van der Waals surface area contributed by atoms with Gasteiger partial charge in [0.25, 0.3) is 0 Å². The van der Waals surface area contributed by atoms with Crippen LogP contribution in [0.15, 0.2) is 18.2 Å². The number of nitrogens with one attached hydrogen (secondary N) is 1. The van der Waals surface area contributed by atoms with Gasteiger partial charge in [0, 0.05) is 23.4 Å². The first-order valence-electron chi connectivity index (χ1n) is 6.81. The molecule has 106 valence electrons. The van der Waals surface area contributed by atoms with Crippen molar-refractivity contribution in [1.82, 2.24) is 5.32 Å². The van der Waals surface area contributed by atoms with Gasteiger partial charge in [-0.15, -0.1) is 0 Å². The molecule has 1 fully saturated rings. The summed E-state index contributed by atoms with van der Waals surface area (Å²) in [6, 6.07) is 5.36. The van der Waals surface area contributed by atoms with Gasteiger partial charge in [-0.3, -0.25) is 0 Å². The van der Waals surface area contributed by atoms with Crippen molar-refractivity contribution in [1.29, 1.82) is 0 Å². The summed E-state index contributed by atoms with van der Waals surface area (Å²) in [5.74, 6) is 1.12. The average Bonchev–Trinajstić information content (AvgIpc) is 2.90. The number of ether oxygens (including phenoxy) is 1. The highest BCUT2D eigenvalue weighted by molar-refractivity contribution is 8.00. The predicted octanol–water partition coefficient (Wildman–Crippen LogP) is 3.17. The normalized spacial score (nSPS) is 17.6. The molecule has 0 heterocycles. The summed E-state index contributed by atoms with van der Waals surface area (Å²) in [7, 11) is 1.64. The molecule has 19 heavy (non-hydrogen) atoms. The van der Waals surface area contributed by atoms with Crippen LogP contribution in [0.1, 0.15) is 31.2 Å². The molecular weight excluding hydrogens is 258 g/mol. The lowest BCUT2D eigenvalue weighted by Crippen LogP contribution is -2.34. The number of phenols is 1. The van der Waals surface area contributed by atoms with Crippen molar-refractivity contribution in [2.75, 3.05) is 19.9 Å². The third-order valence-electron chi connectivity index (χ3n) is 4.00. The van der Waals surface area contributed by atoms with Crippen molar-refractivity contribution in [3.8, 4) is 11.5 Å². The average molecular weight is 281 g/mol. The molecule has 0 aromatic heterocycles. The molecule has 0 atom stereocenters. The van der Waals surface area contributed by atoms with Crippen LogP contribution in [0.4, 0.5) is 0 Å². The molecule has 1 saturated carbocycles. The molecular formula is C15H23NO2S. The van der Waals surface area contributed by atoms with Crippen molar-refractivity contribution >= 4 is 11.8 Å². The summed E-state index contributed by atoms with van der Waals surface area (Å²) in [4.78, 5) is 0. The van der Waals surface area contributed by atoms with Gasteiger partial charge in [-0.1, -0.05) is 12.8 Å². The van der Waals surface area contributed by atoms with Gasteiger partial charge in [0.15, 0.2) is 0 Å². The van der Waals surface area contributed by atoms with E-state index >= 15 is 0 Å². The monoisotopic (exact) mass is 281 g/mol. The van der Waals surface area contributed by atoms with Gasteiger partial charge in [0.1, 0.15) is 11.5 Å². The van der Waals surface area contributed by atoms with Crippen LogP contribution in [-0.4, -0.2) is 29.8 Å². The fourth-order valence-corrected chi connectivity index (χ4v) is 3.67. The highest BCUT2D eigenvalue weighted by atomic mass is 32.2. The van der Waals surface area contributed by atoms with E-state index in [1.165, 1.54) is 25.7 Å². The van der Waals surface area contributed by atoms with Crippen LogP contribution in [-0.2, 0) is 6.54 Å². The zero-order valence-electron chi connectivity index (χ0n) is 11.7. The van der Waals surface area contributed by atoms with E-state index in [2.05, 4.69) is 11.6 Å². The summed E-state index contributed by atoms with van der Waals surface area (Å²) < 4.78 is 5.58. The molecule has 0 radical (unpaired) electrons. The molecule has 0 bridgehead atoms. The molecule has 1 aromatic rings. The minimum atomic E-state index is 0.331. The Hall–Kier alpha value is -0.870. The second-order valence-electron chi connectivity index (χ2n) is 5.19. The van der Waals surface area contributed by atoms with Gasteiger partial charge < -0.3 is 15.2 Å². The Bertz CT molecular complexity index is 417. The Morgan fingerprint density at radius 1 is 1.37 bits per heavy atom. The topological polar surface area (TPSA) is 41.5 Å². The number of phenolic OH excluding ortho intramolecular Hbond substituents is 1. The van der Waals surface area contributed by atoms with Gasteiger partial charge in [-0.25, -0.2) is 0 Å². The SMILES string of the molecule is COc1ccc(O)c(CNCC2(SC)CCCC2)c1. The third kappa shape index (κ3) is 3.57. The quantitative estimate of drug-likeness (QED) is 0.840. The maximum atomic E-state index is 9.84. The van der Waals surface area contributed by atoms with Crippen LogP contribution < -0.4 is 10.1 Å². The van der Waals surface area contributed by atoms with E-state index in [4.69, 9.17) is 4.74 Å². The Kier molecular flexibility index (Phi) is 4.99. The number of rotatable bonds is 6. The summed E-state index contributed by atoms with van der Waals surface area (Å²) in [5.41, 5.74) is 0.897. The lowest BCUT2D eigenvalue weighted by molar-refractivity contribution is 0.409. The number of thioether (sulfide) groups is 1. The van der Waals surface area contributed by atoms with E-state index < -0.39 is 0 Å². The molecule has 2 rings (SSSR count). The van der Waals surface area contributed by atoms with Gasteiger partial charge in [-0.05, 0) is 37.3 Å². The molecule has 0 aliphatic heterocycles. The van der Waals surface area contributed by atoms with E-state index in [1.807, 2.05) is 17.8 Å². The largest absolute Gasteiger partial charge is 0.508 e. The van der Waals surface area contributed by atoms with E-state index in [1.54, 1.807) is 19.2 Å². The molecule has 0 unspecified atom stereocenters. The van der Waals surface area contributed by atoms with Gasteiger partial charge >= 0.3 is 0 Å². The molecule has 4 heteroatoms. The van der Waals surface area contributed by atoms with Crippen LogP contribution in [0.3, 0.4) is 0 Å². The Morgan fingerprint density at radius 2 is 2.11 bits per heavy atom. The smallest absolute Gasteiger partial charge is 0.120 e. The van der Waals surface area contributed by atoms with Crippen molar-refractivity contribution < 1.29 is 9.84 Å². The Morgan fingerprint density at radius 3 is 2.74 bits per heavy atom. The summed E-state index contributed by atoms with van der Waals surface area (Å²) in [6.45, 7) is 1.69. The van der Waals surface area contributed by atoms with Crippen molar-refractivity contribution in [3.05, 3.63) is 23.8 Å². The first-order valence-corrected chi connectivity index (χ1v) is 8.03. The number of hydrogen-bond donors (Lipinski definition) is 2. The fourth-order valence-electron chi connectivity index (χ4n) is 2.73. The standard InChI is InChI=1S/C15H23NO2S/c1-18-13-5-6-14(17)12(9-13)10-16-11-15(19-2)7-3-4-8-15/h5-6,9,16-17H,3-4,7-8,10-11H2,1-2H3. The van der Waals surface area contributed by atoms with Crippen molar-refractivity contribution in [2.24, 2.45) is 0 Å². The molecule has 3 nitrogen and oxygen atoms in total. The molecule has 0 saturated heterocycles. The minimum Gasteiger partial charge on any atom is -0.508 e. The van der Waals surface area contributed by atoms with Crippen LogP contribution in [0.25, 0.3) is 0 Å². The summed E-state index contributed by atoms with van der Waals surface area (Å²) in [5, 5.41) is 13.3. The van der Waals surface area contributed by atoms with E-state index in [9.17, 15) is 5.11 Å². The number of aromatic hydroxyl groups is 1. The maximum Gasteiger partial charge on any atom is 0.120 e. The predicted molar refractivity (Wildman–Crippen MR) is 81.1 cm³/mol. The zero-order valence-corrected chi connectivity index (χ0v) is 12.6. The molecule has 0 spiro atoms. The second kappa shape index (κ2) is 6.53. The molecule has 0 amide bonds. The van der Waals surface area contributed by atoms with Crippen LogP contribution in [0.2, 0.25) is 0 Å². The highest BCUT2D eigenvalue weighted by Gasteiger charge is 2.32. The second-order valence-corrected chi connectivity index (χ2v) is 6.47. The van der Waals surface area contributed by atoms with Crippen LogP contribution in [0.5, 0.6) is 11.5 Å². The number of hydrogen-bond acceptors (Lipinski definition) is 4. The molecule has 1 aliphatic carbocycles. The number of methoxy groups -OCH3 is 1. The molecule has 1 aliphatic rings. The fraction of sp³-hybridized carbons (Fsp3) is 0.600.